The van der Waals surface area contributed by atoms with Crippen LogP contribution in [0.25, 0.3) is 11.3 Å². The molecule has 0 aliphatic heterocycles. The highest BCUT2D eigenvalue weighted by Gasteiger charge is 2.16. The number of hydrogen-bond acceptors (Lipinski definition) is 4. The van der Waals surface area contributed by atoms with Gasteiger partial charge in [-0.2, -0.15) is 0 Å². The normalized spacial score (nSPS) is 11.8. The molecule has 0 aliphatic rings. The molecule has 0 amide bonds. The smallest absolute Gasteiger partial charge is 0.357 e. The second kappa shape index (κ2) is 7.23. The van der Waals surface area contributed by atoms with Gasteiger partial charge in [0, 0.05) is 10.6 Å². The third-order valence-electron chi connectivity index (χ3n) is 3.55. The summed E-state index contributed by atoms with van der Waals surface area (Å²) in [5, 5.41) is 0.605. The highest BCUT2D eigenvalue weighted by atomic mass is 35.5. The Labute approximate surface area is 145 Å². The van der Waals surface area contributed by atoms with E-state index < -0.39 is 5.97 Å². The topological polar surface area (TPSA) is 52.1 Å². The monoisotopic (exact) mass is 338 g/mol. The van der Waals surface area contributed by atoms with Gasteiger partial charge in [-0.25, -0.2) is 14.8 Å². The molecule has 3 rings (SSSR count). The molecular weight excluding hydrogens is 324 g/mol. The van der Waals surface area contributed by atoms with Crippen LogP contribution in [0.5, 0.6) is 0 Å². The number of halogens is 1. The molecule has 1 unspecified atom stereocenters. The van der Waals surface area contributed by atoms with E-state index in [-0.39, 0.29) is 11.8 Å². The van der Waals surface area contributed by atoms with Crippen LogP contribution in [0, 0.1) is 0 Å². The lowest BCUT2D eigenvalue weighted by atomic mass is 10.1. The molecule has 0 spiro atoms. The zero-order valence-electron chi connectivity index (χ0n) is 13.0. The van der Waals surface area contributed by atoms with Crippen LogP contribution in [0.2, 0.25) is 5.02 Å². The second-order valence-electron chi connectivity index (χ2n) is 5.26. The van der Waals surface area contributed by atoms with Crippen molar-refractivity contribution in [1.82, 2.24) is 9.97 Å². The maximum atomic E-state index is 12.3. The summed E-state index contributed by atoms with van der Waals surface area (Å²) in [7, 11) is 0. The van der Waals surface area contributed by atoms with Crippen molar-refractivity contribution in [3.63, 3.8) is 0 Å². The van der Waals surface area contributed by atoms with E-state index in [0.717, 1.165) is 11.1 Å². The Bertz CT molecular complexity index is 853. The largest absolute Gasteiger partial charge is 0.453 e. The van der Waals surface area contributed by atoms with Crippen LogP contribution in [0.3, 0.4) is 0 Å². The summed E-state index contributed by atoms with van der Waals surface area (Å²) in [5.41, 5.74) is 2.57. The fraction of sp³-hybridized carbons (Fsp3) is 0.105. The molecule has 1 aromatic heterocycles. The van der Waals surface area contributed by atoms with E-state index in [1.807, 2.05) is 49.4 Å². The SMILES string of the molecule is CC(OC(=O)c1cc(-c2cccc(Cl)c2)ncn1)c1ccccc1. The first-order valence-corrected chi connectivity index (χ1v) is 7.85. The Morgan fingerprint density at radius 3 is 2.58 bits per heavy atom. The van der Waals surface area contributed by atoms with Crippen molar-refractivity contribution in [2.75, 3.05) is 0 Å². The number of carbonyl (C=O) groups excluding carboxylic acids is 1. The predicted molar refractivity (Wildman–Crippen MR) is 92.8 cm³/mol. The Hall–Kier alpha value is -2.72. The van der Waals surface area contributed by atoms with Gasteiger partial charge in [0.1, 0.15) is 12.4 Å². The Morgan fingerprint density at radius 2 is 1.83 bits per heavy atom. The summed E-state index contributed by atoms with van der Waals surface area (Å²) in [6, 6.07) is 18.4. The van der Waals surface area contributed by atoms with Gasteiger partial charge in [0.25, 0.3) is 0 Å². The first-order chi connectivity index (χ1) is 11.6. The van der Waals surface area contributed by atoms with Gasteiger partial charge in [-0.3, -0.25) is 0 Å². The molecule has 4 nitrogen and oxygen atoms in total. The van der Waals surface area contributed by atoms with Crippen molar-refractivity contribution in [3.8, 4) is 11.3 Å². The van der Waals surface area contributed by atoms with Crippen molar-refractivity contribution in [3.05, 3.63) is 83.3 Å². The van der Waals surface area contributed by atoms with Gasteiger partial charge < -0.3 is 4.74 Å². The van der Waals surface area contributed by atoms with E-state index in [2.05, 4.69) is 9.97 Å². The fourth-order valence-corrected chi connectivity index (χ4v) is 2.48. The van der Waals surface area contributed by atoms with Crippen LogP contribution in [-0.4, -0.2) is 15.9 Å². The van der Waals surface area contributed by atoms with E-state index in [0.29, 0.717) is 10.7 Å². The number of rotatable bonds is 4. The Balaban J connectivity index is 1.80. The van der Waals surface area contributed by atoms with Crippen LogP contribution < -0.4 is 0 Å². The molecule has 5 heteroatoms. The van der Waals surface area contributed by atoms with Crippen molar-refractivity contribution in [2.45, 2.75) is 13.0 Å². The zero-order valence-corrected chi connectivity index (χ0v) is 13.8. The molecule has 24 heavy (non-hydrogen) atoms. The lowest BCUT2D eigenvalue weighted by molar-refractivity contribution is 0.0330. The summed E-state index contributed by atoms with van der Waals surface area (Å²) in [4.78, 5) is 20.5. The van der Waals surface area contributed by atoms with E-state index >= 15 is 0 Å². The van der Waals surface area contributed by atoms with E-state index in [4.69, 9.17) is 16.3 Å². The van der Waals surface area contributed by atoms with Gasteiger partial charge in [-0.1, -0.05) is 54.1 Å². The minimum absolute atomic E-state index is 0.211. The third-order valence-corrected chi connectivity index (χ3v) is 3.78. The molecule has 0 radical (unpaired) electrons. The van der Waals surface area contributed by atoms with Crippen molar-refractivity contribution in [1.29, 1.82) is 0 Å². The summed E-state index contributed by atoms with van der Waals surface area (Å²) >= 11 is 6.00. The number of ether oxygens (including phenoxy) is 1. The van der Waals surface area contributed by atoms with Gasteiger partial charge in [-0.15, -0.1) is 0 Å². The van der Waals surface area contributed by atoms with Crippen LogP contribution in [0.15, 0.2) is 67.0 Å². The van der Waals surface area contributed by atoms with Gasteiger partial charge >= 0.3 is 5.97 Å². The van der Waals surface area contributed by atoms with Crippen LogP contribution in [-0.2, 0) is 4.74 Å². The molecule has 0 saturated heterocycles. The summed E-state index contributed by atoms with van der Waals surface area (Å²) < 4.78 is 5.48. The number of esters is 1. The van der Waals surface area contributed by atoms with Crippen LogP contribution in [0.1, 0.15) is 29.1 Å². The van der Waals surface area contributed by atoms with E-state index in [9.17, 15) is 4.79 Å². The van der Waals surface area contributed by atoms with Gasteiger partial charge in [0.05, 0.1) is 5.69 Å². The maximum Gasteiger partial charge on any atom is 0.357 e. The summed E-state index contributed by atoms with van der Waals surface area (Å²) in [5.74, 6) is -0.489. The number of benzene rings is 2. The molecule has 0 bridgehead atoms. The molecule has 120 valence electrons. The van der Waals surface area contributed by atoms with Gasteiger partial charge in [0.2, 0.25) is 0 Å². The summed E-state index contributed by atoms with van der Waals surface area (Å²) in [6.45, 7) is 1.83. The highest BCUT2D eigenvalue weighted by molar-refractivity contribution is 6.30. The fourth-order valence-electron chi connectivity index (χ4n) is 2.29. The number of aromatic nitrogens is 2. The lowest BCUT2D eigenvalue weighted by Gasteiger charge is -2.13. The molecule has 1 atom stereocenters. The average Bonchev–Trinajstić information content (AvgIpc) is 2.62. The van der Waals surface area contributed by atoms with Gasteiger partial charge in [0.15, 0.2) is 5.69 Å². The number of nitrogens with zero attached hydrogens (tertiary/aromatic N) is 2. The molecule has 0 fully saturated rings. The van der Waals surface area contributed by atoms with Crippen LogP contribution >= 0.6 is 11.6 Å². The van der Waals surface area contributed by atoms with Crippen molar-refractivity contribution < 1.29 is 9.53 Å². The molecule has 1 heterocycles. The lowest BCUT2D eigenvalue weighted by Crippen LogP contribution is -2.11. The van der Waals surface area contributed by atoms with Crippen LogP contribution in [0.4, 0.5) is 0 Å². The first-order valence-electron chi connectivity index (χ1n) is 7.47. The van der Waals surface area contributed by atoms with Crippen molar-refractivity contribution in [2.24, 2.45) is 0 Å². The average molecular weight is 339 g/mol. The number of hydrogen-bond donors (Lipinski definition) is 0. The third kappa shape index (κ3) is 3.78. The summed E-state index contributed by atoms with van der Waals surface area (Å²) in [6.07, 6.45) is 0.989. The molecule has 2 aromatic carbocycles. The van der Waals surface area contributed by atoms with E-state index in [1.54, 1.807) is 18.2 Å². The molecular formula is C19H15ClN2O2. The zero-order chi connectivity index (χ0) is 16.9. The second-order valence-corrected chi connectivity index (χ2v) is 5.69. The molecule has 0 saturated carbocycles. The Kier molecular flexibility index (Phi) is 4.87. The highest BCUT2D eigenvalue weighted by Crippen LogP contribution is 2.22. The molecule has 3 aromatic rings. The predicted octanol–water partition coefficient (Wildman–Crippen LogP) is 4.72. The molecule has 0 N–H and O–H groups in total. The standard InChI is InChI=1S/C19H15ClN2O2/c1-13(14-6-3-2-4-7-14)24-19(23)18-11-17(21-12-22-18)15-8-5-9-16(20)10-15/h2-13H,1H3. The number of carbonyl (C=O) groups is 1. The molecule has 0 aliphatic carbocycles. The maximum absolute atomic E-state index is 12.3. The quantitative estimate of drug-likeness (QED) is 0.646. The Morgan fingerprint density at radius 1 is 1.04 bits per heavy atom. The van der Waals surface area contributed by atoms with Gasteiger partial charge in [-0.05, 0) is 30.7 Å². The first kappa shape index (κ1) is 16.1. The minimum Gasteiger partial charge on any atom is -0.453 e. The van der Waals surface area contributed by atoms with Crippen molar-refractivity contribution >= 4 is 17.6 Å². The minimum atomic E-state index is -0.489. The van der Waals surface area contributed by atoms with E-state index in [1.165, 1.54) is 6.33 Å².